The molecule has 0 aromatic heterocycles. The van der Waals surface area contributed by atoms with E-state index in [1.165, 1.54) is 5.39 Å². The summed E-state index contributed by atoms with van der Waals surface area (Å²) >= 11 is 5.82. The number of ether oxygens (including phenoxy) is 1. The molecule has 0 saturated heterocycles. The van der Waals surface area contributed by atoms with E-state index >= 15 is 0 Å². The maximum Gasteiger partial charge on any atom is 0.258 e. The van der Waals surface area contributed by atoms with Crippen LogP contribution in [0.1, 0.15) is 18.5 Å². The molecule has 0 bridgehead atoms. The summed E-state index contributed by atoms with van der Waals surface area (Å²) in [5, 5.41) is 5.93. The molecule has 1 atom stereocenters. The highest BCUT2D eigenvalue weighted by Crippen LogP contribution is 2.20. The minimum absolute atomic E-state index is 0.0282. The third-order valence-electron chi connectivity index (χ3n) is 3.83. The Morgan fingerprint density at radius 1 is 1.04 bits per heavy atom. The monoisotopic (exact) mass is 339 g/mol. The van der Waals surface area contributed by atoms with Crippen molar-refractivity contribution >= 4 is 28.3 Å². The van der Waals surface area contributed by atoms with Gasteiger partial charge >= 0.3 is 0 Å². The van der Waals surface area contributed by atoms with E-state index in [0.29, 0.717) is 10.8 Å². The predicted molar refractivity (Wildman–Crippen MR) is 97.5 cm³/mol. The van der Waals surface area contributed by atoms with Gasteiger partial charge in [0.05, 0.1) is 6.04 Å². The summed E-state index contributed by atoms with van der Waals surface area (Å²) in [5.41, 5.74) is 1.06. The maximum absolute atomic E-state index is 12.1. The van der Waals surface area contributed by atoms with Gasteiger partial charge in [0.15, 0.2) is 6.61 Å². The molecule has 0 aliphatic heterocycles. The molecule has 1 N–H and O–H groups in total. The van der Waals surface area contributed by atoms with Crippen molar-refractivity contribution in [3.05, 3.63) is 77.3 Å². The van der Waals surface area contributed by atoms with Gasteiger partial charge in [-0.2, -0.15) is 0 Å². The Balaban J connectivity index is 1.59. The first-order chi connectivity index (χ1) is 11.6. The second kappa shape index (κ2) is 7.37. The van der Waals surface area contributed by atoms with Gasteiger partial charge in [0, 0.05) is 5.02 Å². The summed E-state index contributed by atoms with van der Waals surface area (Å²) < 4.78 is 5.46. The lowest BCUT2D eigenvalue weighted by molar-refractivity contribution is -0.123. The Hall–Kier alpha value is -2.52. The van der Waals surface area contributed by atoms with E-state index in [9.17, 15) is 4.79 Å². The van der Waals surface area contributed by atoms with Crippen molar-refractivity contribution in [1.82, 2.24) is 5.32 Å². The lowest BCUT2D eigenvalue weighted by Crippen LogP contribution is -2.31. The van der Waals surface area contributed by atoms with Crippen LogP contribution in [0.2, 0.25) is 5.02 Å². The molecule has 0 radical (unpaired) electrons. The van der Waals surface area contributed by atoms with Crippen molar-refractivity contribution in [3.8, 4) is 5.75 Å². The van der Waals surface area contributed by atoms with Crippen LogP contribution in [0.15, 0.2) is 66.7 Å². The molecule has 1 unspecified atom stereocenters. The number of fused-ring (bicyclic) bond motifs is 1. The van der Waals surface area contributed by atoms with Crippen molar-refractivity contribution in [3.63, 3.8) is 0 Å². The zero-order valence-corrected chi connectivity index (χ0v) is 14.1. The fraction of sp³-hybridized carbons (Fsp3) is 0.150. The van der Waals surface area contributed by atoms with Crippen LogP contribution in [-0.4, -0.2) is 12.5 Å². The zero-order chi connectivity index (χ0) is 16.9. The maximum atomic E-state index is 12.1. The molecule has 24 heavy (non-hydrogen) atoms. The fourth-order valence-electron chi connectivity index (χ4n) is 2.52. The summed E-state index contributed by atoms with van der Waals surface area (Å²) in [6.45, 7) is 1.93. The molecule has 3 nitrogen and oxygen atoms in total. The van der Waals surface area contributed by atoms with Crippen molar-refractivity contribution in [2.45, 2.75) is 13.0 Å². The lowest BCUT2D eigenvalue weighted by atomic mass is 10.0. The summed E-state index contributed by atoms with van der Waals surface area (Å²) in [6, 6.07) is 21.2. The molecule has 0 aliphatic rings. The van der Waals surface area contributed by atoms with Crippen LogP contribution in [-0.2, 0) is 4.79 Å². The Bertz CT molecular complexity index is 846. The first-order valence-corrected chi connectivity index (χ1v) is 8.16. The second-order valence-electron chi connectivity index (χ2n) is 5.64. The van der Waals surface area contributed by atoms with Gasteiger partial charge in [0.2, 0.25) is 0 Å². The molecule has 0 saturated carbocycles. The predicted octanol–water partition coefficient (Wildman–Crippen LogP) is 4.75. The summed E-state index contributed by atoms with van der Waals surface area (Å²) in [6.07, 6.45) is 0. The third-order valence-corrected chi connectivity index (χ3v) is 4.09. The third kappa shape index (κ3) is 4.06. The van der Waals surface area contributed by atoms with Crippen molar-refractivity contribution < 1.29 is 9.53 Å². The van der Waals surface area contributed by atoms with Crippen LogP contribution in [0.3, 0.4) is 0 Å². The number of halogens is 1. The highest BCUT2D eigenvalue weighted by Gasteiger charge is 2.10. The van der Waals surface area contributed by atoms with Crippen molar-refractivity contribution in [1.29, 1.82) is 0 Å². The molecular formula is C20H18ClNO2. The van der Waals surface area contributed by atoms with Gasteiger partial charge in [-0.05, 0) is 53.6 Å². The van der Waals surface area contributed by atoms with Crippen LogP contribution < -0.4 is 10.1 Å². The summed E-state index contributed by atoms with van der Waals surface area (Å²) in [7, 11) is 0. The second-order valence-corrected chi connectivity index (χ2v) is 6.07. The fourth-order valence-corrected chi connectivity index (χ4v) is 2.65. The van der Waals surface area contributed by atoms with Crippen LogP contribution in [0.5, 0.6) is 5.75 Å². The van der Waals surface area contributed by atoms with E-state index in [1.807, 2.05) is 25.1 Å². The van der Waals surface area contributed by atoms with Crippen molar-refractivity contribution in [2.75, 3.05) is 6.61 Å². The van der Waals surface area contributed by atoms with Crippen LogP contribution in [0, 0.1) is 0 Å². The van der Waals surface area contributed by atoms with E-state index < -0.39 is 0 Å². The van der Waals surface area contributed by atoms with E-state index in [4.69, 9.17) is 16.3 Å². The topological polar surface area (TPSA) is 38.3 Å². The standard InChI is InChI=1S/C20H18ClNO2/c1-14(16-7-6-15-4-2-3-5-17(15)12-16)22-20(23)13-24-19-10-8-18(21)9-11-19/h2-12,14H,13H2,1H3,(H,22,23). The zero-order valence-electron chi connectivity index (χ0n) is 13.3. The Morgan fingerprint density at radius 3 is 2.50 bits per heavy atom. The van der Waals surface area contributed by atoms with E-state index in [2.05, 4.69) is 29.6 Å². The molecule has 4 heteroatoms. The van der Waals surface area contributed by atoms with Crippen LogP contribution in [0.4, 0.5) is 0 Å². The smallest absolute Gasteiger partial charge is 0.258 e. The SMILES string of the molecule is CC(NC(=O)COc1ccc(Cl)cc1)c1ccc2ccccc2c1. The number of rotatable bonds is 5. The largest absolute Gasteiger partial charge is 0.484 e. The number of hydrogen-bond acceptors (Lipinski definition) is 2. The highest BCUT2D eigenvalue weighted by molar-refractivity contribution is 6.30. The number of amides is 1. The molecule has 1 amide bonds. The quantitative estimate of drug-likeness (QED) is 0.728. The molecule has 0 spiro atoms. The Morgan fingerprint density at radius 2 is 1.75 bits per heavy atom. The number of carbonyl (C=O) groups excluding carboxylic acids is 1. The molecule has 0 fully saturated rings. The minimum atomic E-state index is -0.161. The van der Waals surface area contributed by atoms with Gasteiger partial charge in [-0.3, -0.25) is 4.79 Å². The minimum Gasteiger partial charge on any atom is -0.484 e. The normalized spacial score (nSPS) is 11.9. The average molecular weight is 340 g/mol. The highest BCUT2D eigenvalue weighted by atomic mass is 35.5. The van der Waals surface area contributed by atoms with E-state index in [0.717, 1.165) is 10.9 Å². The van der Waals surface area contributed by atoms with Crippen molar-refractivity contribution in [2.24, 2.45) is 0 Å². The number of carbonyl (C=O) groups is 1. The molecule has 0 aliphatic carbocycles. The summed E-state index contributed by atoms with van der Waals surface area (Å²) in [4.78, 5) is 12.1. The number of hydrogen-bond donors (Lipinski definition) is 1. The first-order valence-electron chi connectivity index (χ1n) is 7.78. The van der Waals surface area contributed by atoms with Gasteiger partial charge < -0.3 is 10.1 Å². The van der Waals surface area contributed by atoms with Gasteiger partial charge in [-0.15, -0.1) is 0 Å². The van der Waals surface area contributed by atoms with Gasteiger partial charge in [0.25, 0.3) is 5.91 Å². The average Bonchev–Trinajstić information content (AvgIpc) is 2.61. The molecule has 0 heterocycles. The lowest BCUT2D eigenvalue weighted by Gasteiger charge is -2.15. The van der Waals surface area contributed by atoms with Gasteiger partial charge in [0.1, 0.15) is 5.75 Å². The van der Waals surface area contributed by atoms with Gasteiger partial charge in [-0.25, -0.2) is 0 Å². The number of benzene rings is 3. The molecule has 3 aromatic carbocycles. The van der Waals surface area contributed by atoms with Crippen LogP contribution >= 0.6 is 11.6 Å². The first kappa shape index (κ1) is 16.3. The molecule has 3 aromatic rings. The van der Waals surface area contributed by atoms with E-state index in [-0.39, 0.29) is 18.6 Å². The molecule has 3 rings (SSSR count). The Labute approximate surface area is 146 Å². The number of nitrogens with one attached hydrogen (secondary N) is 1. The molecular weight excluding hydrogens is 322 g/mol. The van der Waals surface area contributed by atoms with Gasteiger partial charge in [-0.1, -0.05) is 48.0 Å². The Kier molecular flexibility index (Phi) is 5.02. The van der Waals surface area contributed by atoms with E-state index in [1.54, 1.807) is 24.3 Å². The van der Waals surface area contributed by atoms with Crippen LogP contribution in [0.25, 0.3) is 10.8 Å². The summed E-state index contributed by atoms with van der Waals surface area (Å²) in [5.74, 6) is 0.457. The molecule has 122 valence electrons.